The zero-order chi connectivity index (χ0) is 14.4. The second kappa shape index (κ2) is 4.53. The lowest BCUT2D eigenvalue weighted by atomic mass is 9.98. The summed E-state index contributed by atoms with van der Waals surface area (Å²) in [5.41, 5.74) is 2.72. The number of nitrogens with zero attached hydrogens (tertiary/aromatic N) is 2. The second-order valence-electron chi connectivity index (χ2n) is 5.00. The van der Waals surface area contributed by atoms with Gasteiger partial charge in [0.05, 0.1) is 11.3 Å². The van der Waals surface area contributed by atoms with Crippen molar-refractivity contribution in [3.8, 4) is 17.0 Å². The third-order valence-corrected chi connectivity index (χ3v) is 4.70. The van der Waals surface area contributed by atoms with E-state index in [4.69, 9.17) is 0 Å². The van der Waals surface area contributed by atoms with Crippen LogP contribution in [-0.2, 0) is 0 Å². The largest absolute Gasteiger partial charge is 0.507 e. The van der Waals surface area contributed by atoms with Gasteiger partial charge in [-0.25, -0.2) is 9.97 Å². The van der Waals surface area contributed by atoms with Crippen LogP contribution in [0, 0.1) is 6.92 Å². The zero-order valence-corrected chi connectivity index (χ0v) is 12.2. The lowest BCUT2D eigenvalue weighted by molar-refractivity contribution is 0.478. The lowest BCUT2D eigenvalue weighted by Crippen LogP contribution is -1.90. The molecule has 0 fully saturated rings. The maximum absolute atomic E-state index is 10.4. The molecule has 0 radical (unpaired) electrons. The second-order valence-corrected chi connectivity index (χ2v) is 5.86. The summed E-state index contributed by atoms with van der Waals surface area (Å²) >= 11 is 1.60. The van der Waals surface area contributed by atoms with Crippen LogP contribution in [0.15, 0.2) is 48.1 Å². The number of benzene rings is 2. The van der Waals surface area contributed by atoms with Gasteiger partial charge >= 0.3 is 0 Å². The number of aromatic hydroxyl groups is 1. The average Bonchev–Trinajstić information content (AvgIpc) is 2.89. The number of fused-ring (bicyclic) bond motifs is 2. The van der Waals surface area contributed by atoms with Crippen molar-refractivity contribution < 1.29 is 5.11 Å². The van der Waals surface area contributed by atoms with E-state index in [2.05, 4.69) is 15.3 Å². The fourth-order valence-electron chi connectivity index (χ4n) is 2.72. The van der Waals surface area contributed by atoms with Crippen molar-refractivity contribution in [2.75, 3.05) is 0 Å². The minimum absolute atomic E-state index is 0.249. The first-order valence-electron chi connectivity index (χ1n) is 6.65. The Labute approximate surface area is 125 Å². The molecule has 0 unspecified atom stereocenters. The molecule has 0 amide bonds. The van der Waals surface area contributed by atoms with Gasteiger partial charge in [-0.2, -0.15) is 0 Å². The number of thiophene rings is 1. The summed E-state index contributed by atoms with van der Waals surface area (Å²) in [4.78, 5) is 9.73. The van der Waals surface area contributed by atoms with E-state index in [1.807, 2.05) is 37.3 Å². The molecule has 0 spiro atoms. The predicted octanol–water partition coefficient (Wildman–Crippen LogP) is 4.53. The fraction of sp³-hybridized carbons (Fsp3) is 0.0588. The molecule has 0 saturated carbocycles. The molecule has 4 aromatic rings. The smallest absolute Gasteiger partial charge is 0.127 e. The van der Waals surface area contributed by atoms with Gasteiger partial charge in [0, 0.05) is 5.39 Å². The third-order valence-electron chi connectivity index (χ3n) is 3.70. The van der Waals surface area contributed by atoms with E-state index in [1.165, 1.54) is 0 Å². The molecule has 2 aromatic heterocycles. The lowest BCUT2D eigenvalue weighted by Gasteiger charge is -2.10. The van der Waals surface area contributed by atoms with E-state index in [0.717, 1.165) is 37.8 Å². The van der Waals surface area contributed by atoms with Gasteiger partial charge in [0.25, 0.3) is 0 Å². The molecule has 102 valence electrons. The Bertz CT molecular complexity index is 975. The summed E-state index contributed by atoms with van der Waals surface area (Å²) in [5, 5.41) is 15.6. The zero-order valence-electron chi connectivity index (χ0n) is 11.4. The van der Waals surface area contributed by atoms with Gasteiger partial charge in [0.2, 0.25) is 0 Å². The molecule has 0 bridgehead atoms. The first-order valence-corrected chi connectivity index (χ1v) is 7.53. The molecular weight excluding hydrogens is 280 g/mol. The predicted molar refractivity (Wildman–Crippen MR) is 86.8 cm³/mol. The first-order chi connectivity index (χ1) is 10.3. The van der Waals surface area contributed by atoms with Gasteiger partial charge in [-0.3, -0.25) is 0 Å². The van der Waals surface area contributed by atoms with Crippen LogP contribution in [0.5, 0.6) is 5.75 Å². The van der Waals surface area contributed by atoms with Gasteiger partial charge in [-0.15, -0.1) is 11.3 Å². The number of hydrogen-bond acceptors (Lipinski definition) is 4. The van der Waals surface area contributed by atoms with Gasteiger partial charge < -0.3 is 5.11 Å². The SMILES string of the molecule is Cc1csc2ncnc(-c3c(O)ccc4ccccc34)c12. The van der Waals surface area contributed by atoms with Gasteiger partial charge in [0.15, 0.2) is 0 Å². The van der Waals surface area contributed by atoms with Crippen molar-refractivity contribution >= 4 is 32.3 Å². The Balaban J connectivity index is 2.19. The minimum atomic E-state index is 0.249. The maximum Gasteiger partial charge on any atom is 0.127 e. The Hall–Kier alpha value is -2.46. The van der Waals surface area contributed by atoms with Crippen LogP contribution in [0.3, 0.4) is 0 Å². The molecule has 0 aliphatic heterocycles. The van der Waals surface area contributed by atoms with Gasteiger partial charge in [-0.1, -0.05) is 30.3 Å². The number of phenolic OH excluding ortho intramolecular Hbond substituents is 1. The highest BCUT2D eigenvalue weighted by atomic mass is 32.1. The summed E-state index contributed by atoms with van der Waals surface area (Å²) < 4.78 is 0. The van der Waals surface area contributed by atoms with E-state index >= 15 is 0 Å². The van der Waals surface area contributed by atoms with E-state index in [9.17, 15) is 5.11 Å². The van der Waals surface area contributed by atoms with Crippen molar-refractivity contribution in [1.82, 2.24) is 9.97 Å². The van der Waals surface area contributed by atoms with Crippen molar-refractivity contribution in [2.24, 2.45) is 0 Å². The molecule has 4 rings (SSSR count). The number of rotatable bonds is 1. The van der Waals surface area contributed by atoms with Gasteiger partial charge in [0.1, 0.15) is 16.9 Å². The van der Waals surface area contributed by atoms with Crippen LogP contribution in [0.25, 0.3) is 32.2 Å². The van der Waals surface area contributed by atoms with E-state index in [-0.39, 0.29) is 5.75 Å². The topological polar surface area (TPSA) is 46.0 Å². The van der Waals surface area contributed by atoms with Crippen LogP contribution in [0.4, 0.5) is 0 Å². The average molecular weight is 292 g/mol. The molecule has 0 aliphatic carbocycles. The van der Waals surface area contributed by atoms with Crippen LogP contribution < -0.4 is 0 Å². The highest BCUT2D eigenvalue weighted by Crippen LogP contribution is 2.40. The molecular formula is C17H12N2OS. The van der Waals surface area contributed by atoms with Crippen LogP contribution in [-0.4, -0.2) is 15.1 Å². The van der Waals surface area contributed by atoms with Crippen LogP contribution in [0.1, 0.15) is 5.56 Å². The molecule has 0 atom stereocenters. The summed E-state index contributed by atoms with van der Waals surface area (Å²) in [6.07, 6.45) is 1.56. The van der Waals surface area contributed by atoms with Crippen LogP contribution >= 0.6 is 11.3 Å². The van der Waals surface area contributed by atoms with Crippen molar-refractivity contribution in [3.63, 3.8) is 0 Å². The molecule has 2 aromatic carbocycles. The summed E-state index contributed by atoms with van der Waals surface area (Å²) in [6.45, 7) is 2.05. The highest BCUT2D eigenvalue weighted by Gasteiger charge is 2.16. The Kier molecular flexibility index (Phi) is 2.65. The molecule has 0 aliphatic rings. The molecule has 4 heteroatoms. The summed E-state index contributed by atoms with van der Waals surface area (Å²) in [6, 6.07) is 11.7. The summed E-state index contributed by atoms with van der Waals surface area (Å²) in [7, 11) is 0. The Morgan fingerprint density at radius 1 is 1.05 bits per heavy atom. The standard InChI is InChI=1S/C17H12N2OS/c1-10-8-21-17-14(10)16(18-9-19-17)15-12-5-3-2-4-11(12)6-7-13(15)20/h2-9,20H,1H3. The van der Waals surface area contributed by atoms with Crippen LogP contribution in [0.2, 0.25) is 0 Å². The van der Waals surface area contributed by atoms with Crippen molar-refractivity contribution in [3.05, 3.63) is 53.7 Å². The van der Waals surface area contributed by atoms with Crippen molar-refractivity contribution in [2.45, 2.75) is 6.92 Å². The first kappa shape index (κ1) is 12.3. The Morgan fingerprint density at radius 2 is 1.90 bits per heavy atom. The quantitative estimate of drug-likeness (QED) is 0.561. The molecule has 21 heavy (non-hydrogen) atoms. The third kappa shape index (κ3) is 1.80. The van der Waals surface area contributed by atoms with E-state index in [0.29, 0.717) is 0 Å². The number of aromatic nitrogens is 2. The molecule has 2 heterocycles. The van der Waals surface area contributed by atoms with E-state index < -0.39 is 0 Å². The number of aryl methyl sites for hydroxylation is 1. The van der Waals surface area contributed by atoms with Gasteiger partial charge in [-0.05, 0) is 34.7 Å². The monoisotopic (exact) mass is 292 g/mol. The maximum atomic E-state index is 10.4. The molecule has 0 saturated heterocycles. The highest BCUT2D eigenvalue weighted by molar-refractivity contribution is 7.17. The van der Waals surface area contributed by atoms with Crippen molar-refractivity contribution in [1.29, 1.82) is 0 Å². The fourth-order valence-corrected chi connectivity index (χ4v) is 3.61. The number of phenols is 1. The minimum Gasteiger partial charge on any atom is -0.507 e. The summed E-state index contributed by atoms with van der Waals surface area (Å²) in [5.74, 6) is 0.249. The molecule has 1 N–H and O–H groups in total. The Morgan fingerprint density at radius 3 is 2.81 bits per heavy atom. The normalized spacial score (nSPS) is 11.3. The van der Waals surface area contributed by atoms with E-state index in [1.54, 1.807) is 23.7 Å². The molecule has 3 nitrogen and oxygen atoms in total. The number of hydrogen-bond donors (Lipinski definition) is 1.